The summed E-state index contributed by atoms with van der Waals surface area (Å²) in [5.74, 6) is -0.278. The Kier molecular flexibility index (Phi) is 8.13. The van der Waals surface area contributed by atoms with Crippen LogP contribution in [0.3, 0.4) is 0 Å². The fourth-order valence-corrected chi connectivity index (χ4v) is 6.42. The van der Waals surface area contributed by atoms with E-state index in [9.17, 15) is 26.0 Å². The van der Waals surface area contributed by atoms with Crippen molar-refractivity contribution in [3.63, 3.8) is 0 Å². The summed E-state index contributed by atoms with van der Waals surface area (Å²) in [6, 6.07) is 18.5. The molecule has 0 atom stereocenters. The number of carbonyl (C=O) groups is 1. The molecule has 0 saturated carbocycles. The maximum atomic E-state index is 13.8. The fourth-order valence-electron chi connectivity index (χ4n) is 5.35. The van der Waals surface area contributed by atoms with E-state index in [2.05, 4.69) is 15.0 Å². The normalized spacial score (nSPS) is 12.0. The van der Waals surface area contributed by atoms with Crippen molar-refractivity contribution >= 4 is 59.4 Å². The molecule has 0 aliphatic carbocycles. The molecule has 15 heteroatoms. The lowest BCUT2D eigenvalue weighted by molar-refractivity contribution is 0.0964. The third-order valence-corrected chi connectivity index (χ3v) is 9.44. The van der Waals surface area contributed by atoms with Gasteiger partial charge in [0.05, 0.1) is 42.1 Å². The number of sulfonamides is 2. The van der Waals surface area contributed by atoms with Crippen molar-refractivity contribution in [3.05, 3.63) is 84.2 Å². The molecule has 2 N–H and O–H groups in total. The molecule has 0 fully saturated rings. The van der Waals surface area contributed by atoms with Gasteiger partial charge in [0.15, 0.2) is 5.58 Å². The number of nitrogens with one attached hydrogen (secondary N) is 2. The fraction of sp³-hybridized carbons (Fsp3) is 0.152. The van der Waals surface area contributed by atoms with Crippen LogP contribution in [-0.4, -0.2) is 61.4 Å². The Morgan fingerprint density at radius 2 is 1.60 bits per heavy atom. The highest BCUT2D eigenvalue weighted by Gasteiger charge is 2.27. The second kappa shape index (κ2) is 12.0. The van der Waals surface area contributed by atoms with Crippen LogP contribution in [0.2, 0.25) is 0 Å². The first-order valence-corrected chi connectivity index (χ1v) is 18.0. The van der Waals surface area contributed by atoms with Crippen molar-refractivity contribution in [2.24, 2.45) is 0 Å². The minimum atomic E-state index is -3.79. The number of ether oxygens (including phenoxy) is 1. The highest BCUT2D eigenvalue weighted by Crippen LogP contribution is 2.43. The molecule has 6 aromatic rings. The van der Waals surface area contributed by atoms with E-state index in [1.807, 2.05) is 0 Å². The van der Waals surface area contributed by atoms with E-state index < -0.39 is 31.8 Å². The summed E-state index contributed by atoms with van der Waals surface area (Å²) in [7, 11) is -3.08. The molecule has 1 amide bonds. The second-order valence-electron chi connectivity index (χ2n) is 10.9. The van der Waals surface area contributed by atoms with Crippen LogP contribution in [-0.2, 0) is 20.0 Å². The van der Waals surface area contributed by atoms with Crippen LogP contribution in [0.5, 0.6) is 5.75 Å². The molecule has 2 heterocycles. The van der Waals surface area contributed by atoms with Crippen LogP contribution in [0, 0.1) is 5.82 Å². The lowest BCUT2D eigenvalue weighted by Crippen LogP contribution is -2.25. The average molecular weight is 693 g/mol. The monoisotopic (exact) mass is 692 g/mol. The van der Waals surface area contributed by atoms with Gasteiger partial charge in [0, 0.05) is 36.7 Å². The number of rotatable bonds is 9. The molecule has 2 aromatic heterocycles. The van der Waals surface area contributed by atoms with Crippen LogP contribution in [0.1, 0.15) is 10.4 Å². The molecule has 48 heavy (non-hydrogen) atoms. The molecule has 0 unspecified atom stereocenters. The third-order valence-electron chi connectivity index (χ3n) is 7.66. The highest BCUT2D eigenvalue weighted by molar-refractivity contribution is 7.92. The first-order chi connectivity index (χ1) is 22.7. The zero-order chi connectivity index (χ0) is 34.5. The zero-order valence-electron chi connectivity index (χ0n) is 26.3. The number of aromatic nitrogens is 1. The van der Waals surface area contributed by atoms with Crippen molar-refractivity contribution in [3.8, 4) is 39.7 Å². The van der Waals surface area contributed by atoms with Crippen molar-refractivity contribution in [1.82, 2.24) is 10.3 Å². The first-order valence-electron chi connectivity index (χ1n) is 14.3. The van der Waals surface area contributed by atoms with Gasteiger partial charge in [-0.1, -0.05) is 12.1 Å². The van der Waals surface area contributed by atoms with E-state index in [1.165, 1.54) is 51.5 Å². The van der Waals surface area contributed by atoms with Gasteiger partial charge in [-0.15, -0.1) is 0 Å². The number of benzene rings is 4. The maximum Gasteiger partial charge on any atom is 0.255 e. The number of para-hydroxylation sites is 1. The van der Waals surface area contributed by atoms with Crippen molar-refractivity contribution < 1.29 is 39.6 Å². The molecule has 0 radical (unpaired) electrons. The number of halogens is 1. The van der Waals surface area contributed by atoms with Gasteiger partial charge < -0.3 is 18.9 Å². The smallest absolute Gasteiger partial charge is 0.255 e. The molecule has 12 nitrogen and oxygen atoms in total. The summed E-state index contributed by atoms with van der Waals surface area (Å²) in [4.78, 5) is 17.8. The number of hydrogen-bond acceptors (Lipinski definition) is 9. The molecule has 0 aliphatic rings. The number of carbonyl (C=O) groups excluding carboxylic acids is 1. The summed E-state index contributed by atoms with van der Waals surface area (Å²) in [5.41, 5.74) is 3.18. The Morgan fingerprint density at radius 1 is 0.896 bits per heavy atom. The van der Waals surface area contributed by atoms with Gasteiger partial charge in [-0.2, -0.15) is 0 Å². The standard InChI is InChI=1S/C33H29FN4O8S2/c1-35-32(39)29-22-16-21(25(38(2)48(5,42)43)17-28(22)45-31(29)18-9-12-20(34)13-10-18)19-11-14-26(44-3)23(15-19)33-36-30-24(37-47(4,40)41)7-6-8-27(30)46-33/h6-17,37H,1-5H3,(H,35,39). The number of methoxy groups -OCH3 is 1. The molecule has 6 rings (SSSR count). The van der Waals surface area contributed by atoms with E-state index in [0.717, 1.165) is 16.8 Å². The van der Waals surface area contributed by atoms with Crippen LogP contribution in [0.25, 0.3) is 56.0 Å². The van der Waals surface area contributed by atoms with Gasteiger partial charge >= 0.3 is 0 Å². The van der Waals surface area contributed by atoms with Gasteiger partial charge in [0.1, 0.15) is 28.4 Å². The largest absolute Gasteiger partial charge is 0.496 e. The number of hydrogen-bond donors (Lipinski definition) is 2. The quantitative estimate of drug-likeness (QED) is 0.189. The van der Waals surface area contributed by atoms with Gasteiger partial charge in [-0.3, -0.25) is 13.8 Å². The topological polar surface area (TPSA) is 161 Å². The van der Waals surface area contributed by atoms with E-state index >= 15 is 0 Å². The van der Waals surface area contributed by atoms with E-state index in [0.29, 0.717) is 39.0 Å². The Bertz CT molecular complexity index is 2460. The number of anilines is 2. The molecular formula is C33H29FN4O8S2. The number of oxazole rings is 1. The predicted octanol–water partition coefficient (Wildman–Crippen LogP) is 5.85. The molecule has 0 bridgehead atoms. The number of fused-ring (bicyclic) bond motifs is 2. The van der Waals surface area contributed by atoms with Crippen molar-refractivity contribution in [2.75, 3.05) is 42.7 Å². The molecular weight excluding hydrogens is 664 g/mol. The van der Waals surface area contributed by atoms with Gasteiger partial charge in [-0.25, -0.2) is 26.2 Å². The third kappa shape index (κ3) is 6.04. The van der Waals surface area contributed by atoms with Crippen LogP contribution >= 0.6 is 0 Å². The Hall–Kier alpha value is -5.41. The molecule has 0 aliphatic heterocycles. The van der Waals surface area contributed by atoms with E-state index in [1.54, 1.807) is 42.5 Å². The maximum absolute atomic E-state index is 13.8. The van der Waals surface area contributed by atoms with Crippen LogP contribution in [0.15, 0.2) is 81.6 Å². The number of furan rings is 1. The van der Waals surface area contributed by atoms with Crippen LogP contribution in [0.4, 0.5) is 15.8 Å². The summed E-state index contributed by atoms with van der Waals surface area (Å²) in [6.07, 6.45) is 2.09. The minimum absolute atomic E-state index is 0.110. The first kappa shape index (κ1) is 32.5. The van der Waals surface area contributed by atoms with Crippen molar-refractivity contribution in [2.45, 2.75) is 0 Å². The summed E-state index contributed by atoms with van der Waals surface area (Å²) in [6.45, 7) is 0. The highest BCUT2D eigenvalue weighted by atomic mass is 32.2. The molecule has 0 spiro atoms. The Balaban J connectivity index is 1.61. The van der Waals surface area contributed by atoms with Gasteiger partial charge in [0.2, 0.25) is 25.9 Å². The summed E-state index contributed by atoms with van der Waals surface area (Å²) in [5, 5.41) is 3.00. The Labute approximate surface area is 275 Å². The minimum Gasteiger partial charge on any atom is -0.496 e. The van der Waals surface area contributed by atoms with Gasteiger partial charge in [-0.05, 0) is 60.2 Å². The lowest BCUT2D eigenvalue weighted by Gasteiger charge is -2.21. The van der Waals surface area contributed by atoms with Crippen molar-refractivity contribution in [1.29, 1.82) is 0 Å². The second-order valence-corrected chi connectivity index (χ2v) is 14.7. The van der Waals surface area contributed by atoms with E-state index in [4.69, 9.17) is 13.6 Å². The summed E-state index contributed by atoms with van der Waals surface area (Å²) < 4.78 is 84.7. The molecule has 4 aromatic carbocycles. The van der Waals surface area contributed by atoms with Gasteiger partial charge in [0.25, 0.3) is 5.91 Å². The van der Waals surface area contributed by atoms with Crippen LogP contribution < -0.4 is 19.1 Å². The molecule has 248 valence electrons. The SMILES string of the molecule is CNC(=O)c1c(-c2ccc(F)cc2)oc2cc(N(C)S(C)(=O)=O)c(-c3ccc(OC)c(-c4nc5c(NS(C)(=O)=O)cccc5o4)c3)cc12. The van der Waals surface area contributed by atoms with E-state index in [-0.39, 0.29) is 39.7 Å². The lowest BCUT2D eigenvalue weighted by atomic mass is 9.97. The predicted molar refractivity (Wildman–Crippen MR) is 182 cm³/mol. The Morgan fingerprint density at radius 3 is 2.25 bits per heavy atom. The molecule has 0 saturated heterocycles. The zero-order valence-corrected chi connectivity index (χ0v) is 27.9. The average Bonchev–Trinajstić information content (AvgIpc) is 3.65. The summed E-state index contributed by atoms with van der Waals surface area (Å²) >= 11 is 0. The number of nitrogens with zero attached hydrogens (tertiary/aromatic N) is 2. The number of amides is 1.